The van der Waals surface area contributed by atoms with Gasteiger partial charge >= 0.3 is 0 Å². The van der Waals surface area contributed by atoms with Crippen LogP contribution in [-0.4, -0.2) is 62.1 Å². The summed E-state index contributed by atoms with van der Waals surface area (Å²) < 4.78 is 5.44. The zero-order valence-electron chi connectivity index (χ0n) is 16.6. The van der Waals surface area contributed by atoms with Gasteiger partial charge in [-0.25, -0.2) is 4.99 Å². The van der Waals surface area contributed by atoms with Gasteiger partial charge in [0.2, 0.25) is 0 Å². The van der Waals surface area contributed by atoms with Gasteiger partial charge < -0.3 is 19.9 Å². The lowest BCUT2D eigenvalue weighted by Crippen LogP contribution is -2.40. The smallest absolute Gasteiger partial charge is 0.194 e. The molecule has 5 nitrogen and oxygen atoms in total. The number of halogens is 1. The fraction of sp³-hybridized carbons (Fsp3) is 0.650. The summed E-state index contributed by atoms with van der Waals surface area (Å²) in [4.78, 5) is 9.75. The Labute approximate surface area is 163 Å². The van der Waals surface area contributed by atoms with E-state index in [1.54, 1.807) is 7.11 Å². The highest BCUT2D eigenvalue weighted by molar-refractivity contribution is 6.30. The number of nitrogens with one attached hydrogen (secondary N) is 1. The fourth-order valence-electron chi connectivity index (χ4n) is 3.46. The lowest BCUT2D eigenvalue weighted by molar-refractivity contribution is 0.255. The highest BCUT2D eigenvalue weighted by atomic mass is 35.5. The summed E-state index contributed by atoms with van der Waals surface area (Å²) in [6.07, 6.45) is 1.23. The fourth-order valence-corrected chi connectivity index (χ4v) is 3.62. The first-order valence-corrected chi connectivity index (χ1v) is 10.1. The minimum absolute atomic E-state index is 0.583. The zero-order valence-corrected chi connectivity index (χ0v) is 17.4. The van der Waals surface area contributed by atoms with Crippen molar-refractivity contribution in [2.24, 2.45) is 10.9 Å². The van der Waals surface area contributed by atoms with Crippen LogP contribution in [0, 0.1) is 5.92 Å². The molecule has 1 unspecified atom stereocenters. The summed E-state index contributed by atoms with van der Waals surface area (Å²) >= 11 is 6.05. The Hall–Kier alpha value is -1.46. The molecule has 1 atom stereocenters. The molecule has 0 radical (unpaired) electrons. The average molecular weight is 381 g/mol. The van der Waals surface area contributed by atoms with Crippen molar-refractivity contribution in [3.05, 3.63) is 28.8 Å². The number of hydrogen-bond donors (Lipinski definition) is 1. The Kier molecular flexibility index (Phi) is 8.52. The Morgan fingerprint density at radius 1 is 1.35 bits per heavy atom. The van der Waals surface area contributed by atoms with Gasteiger partial charge in [0.1, 0.15) is 5.75 Å². The summed E-state index contributed by atoms with van der Waals surface area (Å²) in [6.45, 7) is 13.6. The molecule has 1 aromatic rings. The van der Waals surface area contributed by atoms with Crippen LogP contribution in [0.2, 0.25) is 5.02 Å². The van der Waals surface area contributed by atoms with Crippen LogP contribution < -0.4 is 10.1 Å². The highest BCUT2D eigenvalue weighted by Crippen LogP contribution is 2.24. The monoisotopic (exact) mass is 380 g/mol. The van der Waals surface area contributed by atoms with E-state index in [0.29, 0.717) is 17.5 Å². The molecule has 6 heteroatoms. The third-order valence-corrected chi connectivity index (χ3v) is 5.21. The molecular formula is C20H33ClN4O. The normalized spacial score (nSPS) is 17.8. The van der Waals surface area contributed by atoms with Gasteiger partial charge in [-0.3, -0.25) is 0 Å². The Morgan fingerprint density at radius 2 is 2.12 bits per heavy atom. The summed E-state index contributed by atoms with van der Waals surface area (Å²) in [6, 6.07) is 5.72. The second-order valence-corrected chi connectivity index (χ2v) is 7.15. The highest BCUT2D eigenvalue weighted by Gasteiger charge is 2.25. The first-order chi connectivity index (χ1) is 12.6. The minimum Gasteiger partial charge on any atom is -0.496 e. The maximum Gasteiger partial charge on any atom is 0.194 e. The molecule has 1 aliphatic rings. The molecule has 0 aromatic heterocycles. The predicted molar refractivity (Wildman–Crippen MR) is 110 cm³/mol. The summed E-state index contributed by atoms with van der Waals surface area (Å²) in [7, 11) is 1.67. The van der Waals surface area contributed by atoms with E-state index in [-0.39, 0.29) is 0 Å². The third kappa shape index (κ3) is 5.78. The van der Waals surface area contributed by atoms with Crippen molar-refractivity contribution in [2.45, 2.75) is 33.7 Å². The number of hydrogen-bond acceptors (Lipinski definition) is 3. The predicted octanol–water partition coefficient (Wildman–Crippen LogP) is 3.48. The molecule has 0 saturated carbocycles. The van der Waals surface area contributed by atoms with Crippen molar-refractivity contribution >= 4 is 17.6 Å². The van der Waals surface area contributed by atoms with Gasteiger partial charge in [0, 0.05) is 36.8 Å². The maximum atomic E-state index is 6.05. The number of likely N-dealkylation sites (tertiary alicyclic amines) is 1. The van der Waals surface area contributed by atoms with Gasteiger partial charge in [0.15, 0.2) is 5.96 Å². The van der Waals surface area contributed by atoms with E-state index < -0.39 is 0 Å². The molecule has 0 spiro atoms. The van der Waals surface area contributed by atoms with E-state index in [1.807, 2.05) is 18.2 Å². The average Bonchev–Trinajstić information content (AvgIpc) is 3.12. The van der Waals surface area contributed by atoms with Crippen LogP contribution in [-0.2, 0) is 6.54 Å². The van der Waals surface area contributed by atoms with Crippen LogP contribution in [0.1, 0.15) is 32.8 Å². The second-order valence-electron chi connectivity index (χ2n) is 6.71. The molecule has 1 aliphatic heterocycles. The summed E-state index contributed by atoms with van der Waals surface area (Å²) in [5, 5.41) is 4.12. The van der Waals surface area contributed by atoms with Gasteiger partial charge in [-0.2, -0.15) is 0 Å². The molecule has 1 saturated heterocycles. The molecule has 0 aliphatic carbocycles. The number of aliphatic imine (C=N–C) groups is 1. The molecule has 1 N–H and O–H groups in total. The second kappa shape index (κ2) is 10.6. The first-order valence-electron chi connectivity index (χ1n) is 9.69. The summed E-state index contributed by atoms with van der Waals surface area (Å²) in [5.74, 6) is 2.49. The van der Waals surface area contributed by atoms with Crippen LogP contribution >= 0.6 is 11.6 Å². The number of rotatable bonds is 8. The Balaban J connectivity index is 2.03. The van der Waals surface area contributed by atoms with Gasteiger partial charge in [0.05, 0.1) is 13.7 Å². The van der Waals surface area contributed by atoms with E-state index in [9.17, 15) is 0 Å². The standard InChI is InChI=1S/C20H33ClN4O/c1-5-22-20(23-13-17-8-9-18(21)12-19(17)26-4)25-11-10-16(15-25)14-24(6-2)7-3/h8-9,12,16H,5-7,10-11,13-15H2,1-4H3,(H,22,23). The third-order valence-electron chi connectivity index (χ3n) is 4.98. The lowest BCUT2D eigenvalue weighted by Gasteiger charge is -2.24. The number of methoxy groups -OCH3 is 1. The first kappa shape index (κ1) is 20.8. The van der Waals surface area contributed by atoms with Crippen molar-refractivity contribution in [3.63, 3.8) is 0 Å². The van der Waals surface area contributed by atoms with Crippen LogP contribution in [0.4, 0.5) is 0 Å². The molecule has 1 heterocycles. The van der Waals surface area contributed by atoms with Gasteiger partial charge in [-0.15, -0.1) is 0 Å². The van der Waals surface area contributed by atoms with Crippen LogP contribution in [0.25, 0.3) is 0 Å². The van der Waals surface area contributed by atoms with Gasteiger partial charge in [-0.1, -0.05) is 31.5 Å². The van der Waals surface area contributed by atoms with E-state index >= 15 is 0 Å². The van der Waals surface area contributed by atoms with Crippen molar-refractivity contribution in [3.8, 4) is 5.75 Å². The van der Waals surface area contributed by atoms with E-state index in [4.69, 9.17) is 21.3 Å². The van der Waals surface area contributed by atoms with Crippen molar-refractivity contribution in [1.82, 2.24) is 15.1 Å². The molecule has 2 rings (SSSR count). The van der Waals surface area contributed by atoms with Crippen molar-refractivity contribution in [2.75, 3.05) is 46.4 Å². The molecule has 1 fully saturated rings. The van der Waals surface area contributed by atoms with Crippen LogP contribution in [0.15, 0.2) is 23.2 Å². The Bertz CT molecular complexity index is 589. The largest absolute Gasteiger partial charge is 0.496 e. The Morgan fingerprint density at radius 3 is 2.77 bits per heavy atom. The zero-order chi connectivity index (χ0) is 18.9. The van der Waals surface area contributed by atoms with E-state index in [2.05, 4.69) is 35.9 Å². The van der Waals surface area contributed by atoms with Crippen LogP contribution in [0.3, 0.4) is 0 Å². The number of nitrogens with zero attached hydrogens (tertiary/aromatic N) is 3. The van der Waals surface area contributed by atoms with Gasteiger partial charge in [0.25, 0.3) is 0 Å². The topological polar surface area (TPSA) is 40.1 Å². The summed E-state index contributed by atoms with van der Waals surface area (Å²) in [5.41, 5.74) is 1.05. The van der Waals surface area contributed by atoms with Crippen molar-refractivity contribution < 1.29 is 4.74 Å². The molecule has 0 amide bonds. The van der Waals surface area contributed by atoms with Crippen molar-refractivity contribution in [1.29, 1.82) is 0 Å². The maximum absolute atomic E-state index is 6.05. The van der Waals surface area contributed by atoms with Crippen LogP contribution in [0.5, 0.6) is 5.75 Å². The quantitative estimate of drug-likeness (QED) is 0.553. The number of benzene rings is 1. The van der Waals surface area contributed by atoms with Gasteiger partial charge in [-0.05, 0) is 44.5 Å². The molecular weight excluding hydrogens is 348 g/mol. The number of guanidine groups is 1. The lowest BCUT2D eigenvalue weighted by atomic mass is 10.1. The number of ether oxygens (including phenoxy) is 1. The molecule has 0 bridgehead atoms. The molecule has 146 valence electrons. The molecule has 26 heavy (non-hydrogen) atoms. The molecule has 1 aromatic carbocycles. The minimum atomic E-state index is 0.583. The van der Waals surface area contributed by atoms with E-state index in [1.165, 1.54) is 13.0 Å². The SMILES string of the molecule is CCNC(=NCc1ccc(Cl)cc1OC)N1CCC(CN(CC)CC)C1. The van der Waals surface area contributed by atoms with E-state index in [0.717, 1.165) is 50.0 Å².